The predicted molar refractivity (Wildman–Crippen MR) is 96.6 cm³/mol. The third-order valence-corrected chi connectivity index (χ3v) is 5.55. The van der Waals surface area contributed by atoms with E-state index in [1.54, 1.807) is 0 Å². The van der Waals surface area contributed by atoms with Crippen molar-refractivity contribution in [3.63, 3.8) is 0 Å². The molecular weight excluding hydrogens is 302 g/mol. The fraction of sp³-hybridized carbons (Fsp3) is 0.850. The van der Waals surface area contributed by atoms with Crippen LogP contribution in [0.15, 0.2) is 12.2 Å². The molecule has 2 rings (SSSR count). The van der Waals surface area contributed by atoms with Crippen LogP contribution in [-0.4, -0.2) is 23.2 Å². The maximum absolute atomic E-state index is 10.5. The zero-order chi connectivity index (χ0) is 17.2. The van der Waals surface area contributed by atoms with Crippen molar-refractivity contribution in [3.05, 3.63) is 12.2 Å². The van der Waals surface area contributed by atoms with E-state index in [0.29, 0.717) is 30.4 Å². The summed E-state index contributed by atoms with van der Waals surface area (Å²) in [6.07, 6.45) is 18.6. The molecule has 2 bridgehead atoms. The van der Waals surface area contributed by atoms with Gasteiger partial charge >= 0.3 is 5.97 Å². The molecule has 0 aromatic carbocycles. The van der Waals surface area contributed by atoms with Gasteiger partial charge in [0.25, 0.3) is 0 Å². The highest BCUT2D eigenvalue weighted by atomic mass is 16.7. The lowest BCUT2D eigenvalue weighted by Gasteiger charge is -2.29. The summed E-state index contributed by atoms with van der Waals surface area (Å²) in [6.45, 7) is 2.25. The summed E-state index contributed by atoms with van der Waals surface area (Å²) in [5, 5.41) is 8.67. The van der Waals surface area contributed by atoms with Crippen molar-refractivity contribution in [2.24, 2.45) is 11.8 Å². The summed E-state index contributed by atoms with van der Waals surface area (Å²) < 4.78 is 0. The third-order valence-electron chi connectivity index (χ3n) is 5.55. The van der Waals surface area contributed by atoms with Crippen LogP contribution in [0.2, 0.25) is 0 Å². The van der Waals surface area contributed by atoms with E-state index in [1.165, 1.54) is 44.9 Å². The molecule has 0 spiro atoms. The van der Waals surface area contributed by atoms with Crippen molar-refractivity contribution in [1.29, 1.82) is 0 Å². The molecule has 138 valence electrons. The Balaban J connectivity index is 1.65. The van der Waals surface area contributed by atoms with E-state index in [0.717, 1.165) is 25.7 Å². The fourth-order valence-electron chi connectivity index (χ4n) is 4.17. The molecule has 1 aliphatic carbocycles. The third kappa shape index (κ3) is 6.21. The van der Waals surface area contributed by atoms with E-state index >= 15 is 0 Å². The van der Waals surface area contributed by atoms with Gasteiger partial charge in [-0.25, -0.2) is 0 Å². The molecule has 1 saturated heterocycles. The molecule has 2 N–H and O–H groups in total. The number of unbranched alkanes of at least 4 members (excludes halogenated alkanes) is 7. The molecule has 0 amide bonds. The topological polar surface area (TPSA) is 58.6 Å². The van der Waals surface area contributed by atoms with E-state index in [-0.39, 0.29) is 0 Å². The Morgan fingerprint density at radius 1 is 1.17 bits per heavy atom. The molecule has 4 heteroatoms. The molecule has 1 saturated carbocycles. The highest BCUT2D eigenvalue weighted by molar-refractivity contribution is 5.66. The van der Waals surface area contributed by atoms with Crippen LogP contribution in [0.3, 0.4) is 0 Å². The van der Waals surface area contributed by atoms with Crippen molar-refractivity contribution in [2.75, 3.05) is 0 Å². The second-order valence-electron chi connectivity index (χ2n) is 7.48. The summed E-state index contributed by atoms with van der Waals surface area (Å²) in [5.41, 5.74) is 3.20. The monoisotopic (exact) mass is 337 g/mol. The lowest BCUT2D eigenvalue weighted by Crippen LogP contribution is -2.37. The van der Waals surface area contributed by atoms with Gasteiger partial charge in [0.15, 0.2) is 0 Å². The van der Waals surface area contributed by atoms with Gasteiger partial charge in [-0.2, -0.15) is 5.48 Å². The molecule has 0 radical (unpaired) electrons. The predicted octanol–water partition coefficient (Wildman–Crippen LogP) is 4.85. The Labute approximate surface area is 147 Å². The molecule has 4 nitrogen and oxygen atoms in total. The zero-order valence-corrected chi connectivity index (χ0v) is 15.2. The maximum Gasteiger partial charge on any atom is 0.303 e. The van der Waals surface area contributed by atoms with Gasteiger partial charge in [-0.1, -0.05) is 57.6 Å². The molecular formula is C20H35NO3. The number of rotatable bonds is 13. The van der Waals surface area contributed by atoms with E-state index < -0.39 is 5.97 Å². The fourth-order valence-corrected chi connectivity index (χ4v) is 4.17. The zero-order valence-electron chi connectivity index (χ0n) is 15.2. The second-order valence-corrected chi connectivity index (χ2v) is 7.48. The molecule has 4 atom stereocenters. The highest BCUT2D eigenvalue weighted by Gasteiger charge is 2.47. The smallest absolute Gasteiger partial charge is 0.303 e. The summed E-state index contributed by atoms with van der Waals surface area (Å²) in [7, 11) is 0. The van der Waals surface area contributed by atoms with Gasteiger partial charge < -0.3 is 5.11 Å². The van der Waals surface area contributed by atoms with Crippen LogP contribution in [0, 0.1) is 11.8 Å². The number of fused-ring (bicyclic) bond motifs is 2. The van der Waals surface area contributed by atoms with Gasteiger partial charge in [0, 0.05) is 12.5 Å². The summed E-state index contributed by atoms with van der Waals surface area (Å²) in [4.78, 5) is 16.2. The van der Waals surface area contributed by atoms with Crippen molar-refractivity contribution >= 4 is 5.97 Å². The minimum atomic E-state index is -0.674. The van der Waals surface area contributed by atoms with E-state index in [9.17, 15) is 4.79 Å². The lowest BCUT2D eigenvalue weighted by atomic mass is 9.87. The number of nitrogens with one attached hydrogen (secondary N) is 1. The average Bonchev–Trinajstić information content (AvgIpc) is 3.15. The Kier molecular flexibility index (Phi) is 8.82. The number of carboxylic acid groups (broad SMARTS) is 1. The SMILES string of the molecule is CCCCCCC=C[C@@H]1[C@@H](CCCCCCC(=O)O)[C@@H]2C[C@H]1NO2. The van der Waals surface area contributed by atoms with Gasteiger partial charge in [0.2, 0.25) is 0 Å². The van der Waals surface area contributed by atoms with Crippen LogP contribution in [0.1, 0.15) is 84.0 Å². The number of aliphatic carboxylic acids is 1. The van der Waals surface area contributed by atoms with Gasteiger partial charge in [0.1, 0.15) is 0 Å². The first-order valence-electron chi connectivity index (χ1n) is 10.0. The van der Waals surface area contributed by atoms with Crippen molar-refractivity contribution in [2.45, 2.75) is 96.1 Å². The minimum Gasteiger partial charge on any atom is -0.481 e. The summed E-state index contributed by atoms with van der Waals surface area (Å²) in [5.74, 6) is 0.586. The Morgan fingerprint density at radius 2 is 1.96 bits per heavy atom. The first-order valence-corrected chi connectivity index (χ1v) is 10.0. The van der Waals surface area contributed by atoms with Gasteiger partial charge in [0.05, 0.1) is 6.10 Å². The minimum absolute atomic E-state index is 0.310. The Bertz CT molecular complexity index is 396. The van der Waals surface area contributed by atoms with E-state index in [4.69, 9.17) is 9.94 Å². The Morgan fingerprint density at radius 3 is 2.75 bits per heavy atom. The maximum atomic E-state index is 10.5. The van der Waals surface area contributed by atoms with Crippen molar-refractivity contribution < 1.29 is 14.7 Å². The molecule has 2 aliphatic rings. The number of carbonyl (C=O) groups is 1. The molecule has 1 heterocycles. The first kappa shape index (κ1) is 19.5. The largest absolute Gasteiger partial charge is 0.481 e. The summed E-state index contributed by atoms with van der Waals surface area (Å²) >= 11 is 0. The molecule has 0 aromatic rings. The number of hydroxylamine groups is 1. The lowest BCUT2D eigenvalue weighted by molar-refractivity contribution is -0.137. The van der Waals surface area contributed by atoms with Crippen LogP contribution in [0.25, 0.3) is 0 Å². The van der Waals surface area contributed by atoms with Crippen molar-refractivity contribution in [1.82, 2.24) is 5.48 Å². The standard InChI is InChI=1S/C20H35NO3/c1-2-3-4-5-6-9-12-16-17(19-15-18(16)21-24-19)13-10-7-8-11-14-20(22)23/h9,12,16-19,21H,2-8,10-11,13-15H2,1H3,(H,22,23)/t16-,17-,18-,19+/m1/s1. The highest BCUT2D eigenvalue weighted by Crippen LogP contribution is 2.42. The quantitative estimate of drug-likeness (QED) is 0.373. The van der Waals surface area contributed by atoms with Gasteiger partial charge in [-0.05, 0) is 43.9 Å². The van der Waals surface area contributed by atoms with Crippen LogP contribution in [-0.2, 0) is 9.63 Å². The van der Waals surface area contributed by atoms with E-state index in [2.05, 4.69) is 24.6 Å². The number of carboxylic acids is 1. The van der Waals surface area contributed by atoms with Gasteiger partial charge in [-0.3, -0.25) is 9.63 Å². The number of hydrogen-bond donors (Lipinski definition) is 2. The van der Waals surface area contributed by atoms with Crippen LogP contribution in [0.4, 0.5) is 0 Å². The Hall–Kier alpha value is -0.870. The average molecular weight is 338 g/mol. The van der Waals surface area contributed by atoms with Crippen molar-refractivity contribution in [3.8, 4) is 0 Å². The number of hydrogen-bond acceptors (Lipinski definition) is 3. The molecule has 0 aromatic heterocycles. The number of allylic oxidation sites excluding steroid dienone is 1. The first-order chi connectivity index (χ1) is 11.7. The van der Waals surface area contributed by atoms with Crippen LogP contribution >= 0.6 is 0 Å². The molecule has 24 heavy (non-hydrogen) atoms. The summed E-state index contributed by atoms with van der Waals surface area (Å²) in [6, 6.07) is 0.499. The van der Waals surface area contributed by atoms with Crippen LogP contribution < -0.4 is 5.48 Å². The van der Waals surface area contributed by atoms with Crippen LogP contribution in [0.5, 0.6) is 0 Å². The molecule has 0 unspecified atom stereocenters. The molecule has 1 aliphatic heterocycles. The molecule has 2 fully saturated rings. The second kappa shape index (κ2) is 10.9. The van der Waals surface area contributed by atoms with E-state index in [1.807, 2.05) is 0 Å². The normalized spacial score (nSPS) is 28.9. The van der Waals surface area contributed by atoms with Gasteiger partial charge in [-0.15, -0.1) is 0 Å².